The first-order valence-electron chi connectivity index (χ1n) is 11.5. The van der Waals surface area contributed by atoms with Gasteiger partial charge in [0, 0.05) is 5.69 Å². The van der Waals surface area contributed by atoms with E-state index in [1.54, 1.807) is 18.2 Å². The van der Waals surface area contributed by atoms with Crippen LogP contribution in [0.1, 0.15) is 33.4 Å². The lowest BCUT2D eigenvalue weighted by Crippen LogP contribution is -2.14. The number of benzene rings is 4. The predicted molar refractivity (Wildman–Crippen MR) is 141 cm³/mol. The molecule has 4 rings (SSSR count). The number of aromatic hydroxyl groups is 3. The molecule has 0 aromatic heterocycles. The van der Waals surface area contributed by atoms with Crippen LogP contribution in [0.4, 0.5) is 17.1 Å². The average molecular weight is 470 g/mol. The molecule has 0 spiro atoms. The van der Waals surface area contributed by atoms with Gasteiger partial charge in [0.05, 0.1) is 11.4 Å². The van der Waals surface area contributed by atoms with Crippen molar-refractivity contribution in [1.82, 2.24) is 0 Å². The van der Waals surface area contributed by atoms with Gasteiger partial charge >= 0.3 is 0 Å². The molecule has 0 aliphatic carbocycles. The molecule has 3 N–H and O–H groups in total. The fraction of sp³-hybridized carbons (Fsp3) is 0.200. The minimum absolute atomic E-state index is 0.0915. The Kier molecular flexibility index (Phi) is 6.35. The van der Waals surface area contributed by atoms with Crippen molar-refractivity contribution in [3.63, 3.8) is 0 Å². The Morgan fingerprint density at radius 3 is 1.57 bits per heavy atom. The van der Waals surface area contributed by atoms with Crippen LogP contribution in [0.3, 0.4) is 0 Å². The maximum Gasteiger partial charge on any atom is 0.171 e. The topological polar surface area (TPSA) is 73.2 Å². The van der Waals surface area contributed by atoms with Gasteiger partial charge in [0.2, 0.25) is 0 Å². The van der Waals surface area contributed by atoms with Gasteiger partial charge in [-0.2, -0.15) is 0 Å². The standard InChI is InChI=1S/C30H31NO4/c1-17-15-20(4)30(27(34)16-17)35-24-11-9-23(10-12-24)31(28-21(5)18(2)7-13-25(28)32)29-22(6)19(3)8-14-26(29)33/h7-16,32-34H,1-6H3. The largest absolute Gasteiger partial charge is 0.506 e. The molecular weight excluding hydrogens is 438 g/mol. The highest BCUT2D eigenvalue weighted by atomic mass is 16.5. The quantitative estimate of drug-likeness (QED) is 0.277. The summed E-state index contributed by atoms with van der Waals surface area (Å²) in [6.45, 7) is 11.7. The number of hydrogen-bond acceptors (Lipinski definition) is 5. The molecule has 0 bridgehead atoms. The molecule has 0 saturated heterocycles. The molecule has 0 aliphatic rings. The number of phenols is 3. The maximum absolute atomic E-state index is 10.9. The Hall–Kier alpha value is -4.12. The van der Waals surface area contributed by atoms with Crippen LogP contribution in [0.5, 0.6) is 28.7 Å². The van der Waals surface area contributed by atoms with Crippen molar-refractivity contribution >= 4 is 17.1 Å². The third kappa shape index (κ3) is 4.50. The summed E-state index contributed by atoms with van der Waals surface area (Å²) < 4.78 is 6.01. The highest BCUT2D eigenvalue weighted by Crippen LogP contribution is 2.48. The zero-order chi connectivity index (χ0) is 25.4. The zero-order valence-corrected chi connectivity index (χ0v) is 21.0. The number of aryl methyl sites for hydroxylation is 4. The van der Waals surface area contributed by atoms with Crippen molar-refractivity contribution in [3.8, 4) is 28.7 Å². The molecule has 4 aromatic carbocycles. The summed E-state index contributed by atoms with van der Waals surface area (Å²) in [5.74, 6) is 1.31. The van der Waals surface area contributed by atoms with E-state index in [1.165, 1.54) is 0 Å². The molecule has 0 saturated carbocycles. The van der Waals surface area contributed by atoms with Gasteiger partial charge in [-0.15, -0.1) is 0 Å². The summed E-state index contributed by atoms with van der Waals surface area (Å²) in [5.41, 5.74) is 7.63. The summed E-state index contributed by atoms with van der Waals surface area (Å²) in [6, 6.07) is 18.1. The fourth-order valence-corrected chi connectivity index (χ4v) is 4.35. The van der Waals surface area contributed by atoms with E-state index in [0.29, 0.717) is 22.9 Å². The van der Waals surface area contributed by atoms with E-state index in [4.69, 9.17) is 4.74 Å². The van der Waals surface area contributed by atoms with Crippen LogP contribution >= 0.6 is 0 Å². The van der Waals surface area contributed by atoms with Gasteiger partial charge in [0.15, 0.2) is 11.5 Å². The van der Waals surface area contributed by atoms with E-state index in [-0.39, 0.29) is 17.2 Å². The van der Waals surface area contributed by atoms with E-state index in [0.717, 1.165) is 39.1 Å². The van der Waals surface area contributed by atoms with Crippen molar-refractivity contribution < 1.29 is 20.1 Å². The first-order chi connectivity index (χ1) is 16.6. The van der Waals surface area contributed by atoms with Crippen LogP contribution in [0.15, 0.2) is 60.7 Å². The van der Waals surface area contributed by atoms with Gasteiger partial charge in [0.25, 0.3) is 0 Å². The second-order valence-corrected chi connectivity index (χ2v) is 9.11. The lowest BCUT2D eigenvalue weighted by molar-refractivity contribution is 0.408. The van der Waals surface area contributed by atoms with Gasteiger partial charge < -0.3 is 25.0 Å². The monoisotopic (exact) mass is 469 g/mol. The zero-order valence-electron chi connectivity index (χ0n) is 21.0. The summed E-state index contributed by atoms with van der Waals surface area (Å²) in [4.78, 5) is 1.88. The van der Waals surface area contributed by atoms with Crippen molar-refractivity contribution in [3.05, 3.63) is 94.0 Å². The van der Waals surface area contributed by atoms with Crippen LogP contribution in [0.25, 0.3) is 0 Å². The van der Waals surface area contributed by atoms with Gasteiger partial charge in [-0.3, -0.25) is 0 Å². The number of rotatable bonds is 5. The van der Waals surface area contributed by atoms with E-state index in [1.807, 2.05) is 88.9 Å². The fourth-order valence-electron chi connectivity index (χ4n) is 4.35. The van der Waals surface area contributed by atoms with E-state index >= 15 is 0 Å². The summed E-state index contributed by atoms with van der Waals surface area (Å²) >= 11 is 0. The number of anilines is 3. The molecule has 0 atom stereocenters. The minimum Gasteiger partial charge on any atom is -0.506 e. The first-order valence-corrected chi connectivity index (χ1v) is 11.5. The van der Waals surface area contributed by atoms with Gasteiger partial charge in [-0.1, -0.05) is 18.2 Å². The van der Waals surface area contributed by atoms with E-state index in [2.05, 4.69) is 0 Å². The first kappa shape index (κ1) is 24.0. The Morgan fingerprint density at radius 1 is 0.571 bits per heavy atom. The third-order valence-electron chi connectivity index (χ3n) is 6.52. The number of phenolic OH excluding ortho intramolecular Hbond substituents is 3. The van der Waals surface area contributed by atoms with Crippen LogP contribution in [-0.2, 0) is 0 Å². The third-order valence-corrected chi connectivity index (χ3v) is 6.52. The van der Waals surface area contributed by atoms with Crippen molar-refractivity contribution in [2.75, 3.05) is 4.90 Å². The van der Waals surface area contributed by atoms with E-state index in [9.17, 15) is 15.3 Å². The van der Waals surface area contributed by atoms with Crippen LogP contribution in [0.2, 0.25) is 0 Å². The molecule has 5 nitrogen and oxygen atoms in total. The second kappa shape index (κ2) is 9.26. The molecule has 0 amide bonds. The Balaban J connectivity index is 1.85. The summed E-state index contributed by atoms with van der Waals surface area (Å²) in [6.07, 6.45) is 0. The summed E-state index contributed by atoms with van der Waals surface area (Å²) in [5, 5.41) is 32.2. The number of hydrogen-bond donors (Lipinski definition) is 3. The SMILES string of the molecule is Cc1cc(C)c(Oc2ccc(N(c3c(O)ccc(C)c3C)c3c(O)ccc(C)c3C)cc2)c(O)c1. The van der Waals surface area contributed by atoms with Gasteiger partial charge in [-0.25, -0.2) is 0 Å². The molecule has 4 aromatic rings. The van der Waals surface area contributed by atoms with Crippen molar-refractivity contribution in [1.29, 1.82) is 0 Å². The molecule has 35 heavy (non-hydrogen) atoms. The molecule has 0 radical (unpaired) electrons. The maximum atomic E-state index is 10.9. The van der Waals surface area contributed by atoms with Crippen LogP contribution in [0, 0.1) is 41.5 Å². The number of nitrogens with zero attached hydrogens (tertiary/aromatic N) is 1. The van der Waals surface area contributed by atoms with Crippen molar-refractivity contribution in [2.24, 2.45) is 0 Å². The molecule has 0 heterocycles. The highest BCUT2D eigenvalue weighted by molar-refractivity contribution is 5.87. The van der Waals surface area contributed by atoms with Crippen LogP contribution in [-0.4, -0.2) is 15.3 Å². The lowest BCUT2D eigenvalue weighted by Gasteiger charge is -2.30. The minimum atomic E-state index is 0.0915. The van der Waals surface area contributed by atoms with Gasteiger partial charge in [-0.05, 0) is 117 Å². The average Bonchev–Trinajstić information content (AvgIpc) is 2.81. The molecule has 0 unspecified atom stereocenters. The molecular formula is C30H31NO4. The predicted octanol–water partition coefficient (Wildman–Crippen LogP) is 7.92. The molecule has 0 fully saturated rings. The van der Waals surface area contributed by atoms with Crippen LogP contribution < -0.4 is 9.64 Å². The Bertz CT molecular complexity index is 1330. The Labute approximate surface area is 206 Å². The summed E-state index contributed by atoms with van der Waals surface area (Å²) in [7, 11) is 0. The lowest BCUT2D eigenvalue weighted by atomic mass is 10.0. The molecule has 5 heteroatoms. The molecule has 180 valence electrons. The van der Waals surface area contributed by atoms with E-state index < -0.39 is 0 Å². The van der Waals surface area contributed by atoms with Crippen molar-refractivity contribution in [2.45, 2.75) is 41.5 Å². The molecule has 0 aliphatic heterocycles. The van der Waals surface area contributed by atoms with Gasteiger partial charge in [0.1, 0.15) is 17.2 Å². The number of ether oxygens (including phenoxy) is 1. The highest BCUT2D eigenvalue weighted by Gasteiger charge is 2.24. The second-order valence-electron chi connectivity index (χ2n) is 9.11. The Morgan fingerprint density at radius 2 is 1.09 bits per heavy atom. The smallest absolute Gasteiger partial charge is 0.171 e. The normalized spacial score (nSPS) is 10.9.